The van der Waals surface area contributed by atoms with Crippen LogP contribution in [0, 0.1) is 6.92 Å². The lowest BCUT2D eigenvalue weighted by Crippen LogP contribution is -2.33. The molecule has 0 bridgehead atoms. The van der Waals surface area contributed by atoms with E-state index in [-0.39, 0.29) is 17.9 Å². The molecule has 0 amide bonds. The average molecular weight is 454 g/mol. The number of nitrogens with zero attached hydrogens (tertiary/aromatic N) is 2. The van der Waals surface area contributed by atoms with Gasteiger partial charge in [0.25, 0.3) is 5.56 Å². The Morgan fingerprint density at radius 3 is 2.65 bits per heavy atom. The van der Waals surface area contributed by atoms with E-state index in [9.17, 15) is 9.59 Å². The lowest BCUT2D eigenvalue weighted by Gasteiger charge is -2.19. The highest BCUT2D eigenvalue weighted by Gasteiger charge is 2.24. The number of pyridine rings is 1. The van der Waals surface area contributed by atoms with Crippen LogP contribution in [-0.4, -0.2) is 29.3 Å². The van der Waals surface area contributed by atoms with E-state index in [0.29, 0.717) is 27.8 Å². The van der Waals surface area contributed by atoms with Crippen LogP contribution < -0.4 is 11.0 Å². The smallest absolute Gasteiger partial charge is 0.357 e. The number of hydrogen-bond donors (Lipinski definition) is 1. The largest absolute Gasteiger partial charge is 0.461 e. The molecule has 0 saturated heterocycles. The molecule has 2 heterocycles. The fourth-order valence-corrected chi connectivity index (χ4v) is 4.48. The molecule has 0 aliphatic heterocycles. The van der Waals surface area contributed by atoms with Crippen molar-refractivity contribution in [3.05, 3.63) is 85.7 Å². The first-order chi connectivity index (χ1) is 15.0. The molecule has 6 nitrogen and oxygen atoms in total. The summed E-state index contributed by atoms with van der Waals surface area (Å²) in [5.41, 5.74) is 6.69. The molecule has 0 aliphatic rings. The van der Waals surface area contributed by atoms with Gasteiger partial charge in [-0.1, -0.05) is 41.9 Å². The van der Waals surface area contributed by atoms with E-state index in [2.05, 4.69) is 10.4 Å². The normalized spacial score (nSPS) is 10.9. The second kappa shape index (κ2) is 8.91. The van der Waals surface area contributed by atoms with Gasteiger partial charge in [0, 0.05) is 34.3 Å². The highest BCUT2D eigenvalue weighted by Crippen LogP contribution is 2.32. The third kappa shape index (κ3) is 4.06. The van der Waals surface area contributed by atoms with Crippen LogP contribution in [0.4, 0.5) is 0 Å². The number of hydrogen-bond acceptors (Lipinski definition) is 6. The Morgan fingerprint density at radius 2 is 1.97 bits per heavy atom. The number of ether oxygens (including phenoxy) is 1. The Morgan fingerprint density at radius 1 is 1.19 bits per heavy atom. The molecule has 1 N–H and O–H groups in total. The van der Waals surface area contributed by atoms with Gasteiger partial charge in [-0.2, -0.15) is 0 Å². The summed E-state index contributed by atoms with van der Waals surface area (Å²) in [6, 6.07) is 14.5. The van der Waals surface area contributed by atoms with Crippen LogP contribution in [0.3, 0.4) is 0 Å². The second-order valence-corrected chi connectivity index (χ2v) is 8.27. The first-order valence-electron chi connectivity index (χ1n) is 9.68. The molecule has 31 heavy (non-hydrogen) atoms. The number of carbonyl (C=O) groups is 1. The third-order valence-electron chi connectivity index (χ3n) is 5.03. The molecule has 0 aliphatic carbocycles. The van der Waals surface area contributed by atoms with Crippen molar-refractivity contribution in [2.45, 2.75) is 13.3 Å². The molecule has 0 radical (unpaired) electrons. The highest BCUT2D eigenvalue weighted by atomic mass is 35.5. The summed E-state index contributed by atoms with van der Waals surface area (Å²) in [6.07, 6.45) is 0.562. The summed E-state index contributed by atoms with van der Waals surface area (Å²) >= 11 is 7.77. The minimum absolute atomic E-state index is 0.134. The zero-order valence-electron chi connectivity index (χ0n) is 17.0. The fourth-order valence-electron chi connectivity index (χ4n) is 3.55. The van der Waals surface area contributed by atoms with E-state index in [4.69, 9.17) is 16.3 Å². The first-order valence-corrected chi connectivity index (χ1v) is 10.9. The van der Waals surface area contributed by atoms with Crippen molar-refractivity contribution in [3.63, 3.8) is 0 Å². The van der Waals surface area contributed by atoms with E-state index in [1.54, 1.807) is 30.8 Å². The zero-order chi connectivity index (χ0) is 22.0. The zero-order valence-corrected chi connectivity index (χ0v) is 18.6. The van der Waals surface area contributed by atoms with Gasteiger partial charge in [0.1, 0.15) is 0 Å². The van der Waals surface area contributed by atoms with Gasteiger partial charge in [-0.05, 0) is 36.1 Å². The predicted octanol–water partition coefficient (Wildman–Crippen LogP) is 4.66. The molecular formula is C23H20ClN3O3S. The standard InChI is InChI=1S/C23H20ClN3O3S/c1-14-19(31-13-26-14)10-11-30-23(29)21-20(15-6-4-3-5-7-15)18-12-16(24)8-9-17(18)22(28)27(21)25-2/h3-9,12-13,25H,10-11H2,1-2H3. The van der Waals surface area contributed by atoms with Gasteiger partial charge in [0.05, 0.1) is 17.8 Å². The SMILES string of the molecule is CNn1c(C(=O)OCCc2scnc2C)c(-c2ccccc2)c2cc(Cl)ccc2c1=O. The average Bonchev–Trinajstić information content (AvgIpc) is 3.18. The van der Waals surface area contributed by atoms with Crippen molar-refractivity contribution < 1.29 is 9.53 Å². The summed E-state index contributed by atoms with van der Waals surface area (Å²) in [6.45, 7) is 2.11. The van der Waals surface area contributed by atoms with Crippen LogP contribution >= 0.6 is 22.9 Å². The maximum absolute atomic E-state index is 13.2. The molecule has 158 valence electrons. The molecule has 0 saturated carbocycles. The van der Waals surface area contributed by atoms with Crippen LogP contribution in [0.25, 0.3) is 21.9 Å². The van der Waals surface area contributed by atoms with Gasteiger partial charge >= 0.3 is 5.97 Å². The van der Waals surface area contributed by atoms with Crippen LogP contribution in [0.15, 0.2) is 58.8 Å². The molecule has 2 aromatic heterocycles. The molecule has 4 rings (SSSR count). The van der Waals surface area contributed by atoms with Crippen LogP contribution in [0.1, 0.15) is 21.1 Å². The minimum Gasteiger partial charge on any atom is -0.461 e. The van der Waals surface area contributed by atoms with Gasteiger partial charge < -0.3 is 10.2 Å². The van der Waals surface area contributed by atoms with Gasteiger partial charge in [-0.15, -0.1) is 11.3 Å². The number of rotatable bonds is 6. The van der Waals surface area contributed by atoms with Gasteiger partial charge in [-0.25, -0.2) is 14.5 Å². The summed E-state index contributed by atoms with van der Waals surface area (Å²) < 4.78 is 6.84. The third-order valence-corrected chi connectivity index (χ3v) is 6.26. The Labute approximate surface area is 188 Å². The summed E-state index contributed by atoms with van der Waals surface area (Å²) in [5, 5.41) is 1.53. The molecule has 0 spiro atoms. The van der Waals surface area contributed by atoms with Gasteiger partial charge in [0.2, 0.25) is 0 Å². The Balaban J connectivity index is 1.85. The molecule has 4 aromatic rings. The van der Waals surface area contributed by atoms with E-state index in [1.807, 2.05) is 37.3 Å². The number of aryl methyl sites for hydroxylation is 1. The van der Waals surface area contributed by atoms with Gasteiger partial charge in [0.15, 0.2) is 5.69 Å². The lowest BCUT2D eigenvalue weighted by molar-refractivity contribution is 0.0499. The number of fused-ring (bicyclic) bond motifs is 1. The van der Waals surface area contributed by atoms with E-state index < -0.39 is 5.97 Å². The Bertz CT molecular complexity index is 1320. The van der Waals surface area contributed by atoms with Crippen molar-refractivity contribution in [1.29, 1.82) is 0 Å². The van der Waals surface area contributed by atoms with Crippen LogP contribution in [0.2, 0.25) is 5.02 Å². The van der Waals surface area contributed by atoms with Crippen molar-refractivity contribution in [1.82, 2.24) is 9.66 Å². The van der Waals surface area contributed by atoms with E-state index in [0.717, 1.165) is 16.1 Å². The number of aromatic nitrogens is 2. The number of nitrogens with one attached hydrogen (secondary N) is 1. The van der Waals surface area contributed by atoms with Crippen molar-refractivity contribution in [2.75, 3.05) is 19.1 Å². The second-order valence-electron chi connectivity index (χ2n) is 6.89. The van der Waals surface area contributed by atoms with Crippen LogP contribution in [0.5, 0.6) is 0 Å². The number of esters is 1. The summed E-state index contributed by atoms with van der Waals surface area (Å²) in [7, 11) is 1.59. The lowest BCUT2D eigenvalue weighted by atomic mass is 9.97. The predicted molar refractivity (Wildman–Crippen MR) is 125 cm³/mol. The fraction of sp³-hybridized carbons (Fsp3) is 0.174. The van der Waals surface area contributed by atoms with Crippen molar-refractivity contribution in [2.24, 2.45) is 0 Å². The number of thiazole rings is 1. The molecule has 0 unspecified atom stereocenters. The monoisotopic (exact) mass is 453 g/mol. The van der Waals surface area contributed by atoms with Crippen LogP contribution in [-0.2, 0) is 11.2 Å². The van der Waals surface area contributed by atoms with Crippen molar-refractivity contribution in [3.8, 4) is 11.1 Å². The topological polar surface area (TPSA) is 73.2 Å². The molecule has 0 fully saturated rings. The number of halogens is 1. The minimum atomic E-state index is -0.589. The molecule has 2 aromatic carbocycles. The molecule has 0 atom stereocenters. The first kappa shape index (κ1) is 21.1. The van der Waals surface area contributed by atoms with Gasteiger partial charge in [-0.3, -0.25) is 4.79 Å². The highest BCUT2D eigenvalue weighted by molar-refractivity contribution is 7.09. The maximum Gasteiger partial charge on any atom is 0.357 e. The Hall–Kier alpha value is -3.16. The van der Waals surface area contributed by atoms with E-state index in [1.165, 1.54) is 16.0 Å². The molecular weight excluding hydrogens is 434 g/mol. The van der Waals surface area contributed by atoms with E-state index >= 15 is 0 Å². The summed E-state index contributed by atoms with van der Waals surface area (Å²) in [4.78, 5) is 31.7. The molecule has 8 heteroatoms. The van der Waals surface area contributed by atoms with Crippen molar-refractivity contribution >= 4 is 39.7 Å². The quantitative estimate of drug-likeness (QED) is 0.430. The number of carbonyl (C=O) groups excluding carboxylic acids is 1. The summed E-state index contributed by atoms with van der Waals surface area (Å²) in [5.74, 6) is -0.589. The number of benzene rings is 2. The maximum atomic E-state index is 13.2. The Kier molecular flexibility index (Phi) is 6.06.